The quantitative estimate of drug-likeness (QED) is 0.203. The Kier molecular flexibility index (Phi) is 6.15. The van der Waals surface area contributed by atoms with Crippen molar-refractivity contribution in [2.75, 3.05) is 0 Å². The average Bonchev–Trinajstić information content (AvgIpc) is 2.09. The molecule has 0 aliphatic carbocycles. The fourth-order valence-electron chi connectivity index (χ4n) is 0.811. The van der Waals surface area contributed by atoms with Crippen LogP contribution in [0.4, 0.5) is 0 Å². The van der Waals surface area contributed by atoms with Crippen LogP contribution in [0.15, 0.2) is 4.90 Å². The summed E-state index contributed by atoms with van der Waals surface area (Å²) in [6.07, 6.45) is 0. The monoisotopic (exact) mass is 787 g/mol. The molecule has 0 saturated heterocycles. The van der Waals surface area contributed by atoms with Gasteiger partial charge in [-0.3, -0.25) is 4.55 Å². The van der Waals surface area contributed by atoms with Gasteiger partial charge in [-0.1, -0.05) is 0 Å². The molecule has 0 spiro atoms. The topological polar surface area (TPSA) is 54.4 Å². The van der Waals surface area contributed by atoms with Crippen molar-refractivity contribution in [3.05, 3.63) is 17.9 Å². The second-order valence-electron chi connectivity index (χ2n) is 2.37. The Hall–Kier alpha value is 2.78. The van der Waals surface area contributed by atoms with Crippen LogP contribution in [0.5, 0.6) is 0 Å². The minimum absolute atomic E-state index is 0.0120. The third-order valence-electron chi connectivity index (χ3n) is 1.43. The second kappa shape index (κ2) is 5.83. The van der Waals surface area contributed by atoms with Crippen LogP contribution in [0.2, 0.25) is 0 Å². The minimum Gasteiger partial charge on any atom is -0.282 e. The van der Waals surface area contributed by atoms with Gasteiger partial charge in [-0.2, -0.15) is 8.42 Å². The lowest BCUT2D eigenvalue weighted by molar-refractivity contribution is 0.481. The summed E-state index contributed by atoms with van der Waals surface area (Å²) in [4.78, 5) is 0.0120. The minimum atomic E-state index is -4.15. The lowest BCUT2D eigenvalue weighted by atomic mass is 10.4. The molecule has 9 heteroatoms. The standard InChI is InChI=1S/C6HI5O3S/c7-1-2(8)4(10)6(15(12,13)14)5(11)3(1)9/h(H,12,13,14). The third-order valence-corrected chi connectivity index (χ3v) is 12.6. The van der Waals surface area contributed by atoms with Crippen LogP contribution in [0.1, 0.15) is 0 Å². The highest BCUT2D eigenvalue weighted by Crippen LogP contribution is 2.35. The van der Waals surface area contributed by atoms with Crippen molar-refractivity contribution >= 4 is 123 Å². The van der Waals surface area contributed by atoms with E-state index in [1.807, 2.05) is 45.2 Å². The van der Waals surface area contributed by atoms with Gasteiger partial charge in [-0.05, 0) is 113 Å². The highest BCUT2D eigenvalue weighted by molar-refractivity contribution is 14.1. The van der Waals surface area contributed by atoms with E-state index in [9.17, 15) is 8.42 Å². The molecule has 1 N–H and O–H groups in total. The Morgan fingerprint density at radius 1 is 0.733 bits per heavy atom. The molecule has 1 rings (SSSR count). The number of halogens is 5. The Morgan fingerprint density at radius 3 is 1.27 bits per heavy atom. The molecule has 0 fully saturated rings. The number of hydrogen-bond donors (Lipinski definition) is 1. The van der Waals surface area contributed by atoms with Gasteiger partial charge in [0.1, 0.15) is 4.90 Å². The predicted molar refractivity (Wildman–Crippen MR) is 99.8 cm³/mol. The average molecular weight is 788 g/mol. The molecule has 0 saturated carbocycles. The summed E-state index contributed by atoms with van der Waals surface area (Å²) in [6, 6.07) is 0. The molecule has 0 aliphatic heterocycles. The van der Waals surface area contributed by atoms with Gasteiger partial charge in [0, 0.05) is 17.9 Å². The molecule has 84 valence electrons. The summed E-state index contributed by atoms with van der Waals surface area (Å²) in [5.74, 6) is 0. The van der Waals surface area contributed by atoms with Gasteiger partial charge in [-0.15, -0.1) is 0 Å². The zero-order valence-corrected chi connectivity index (χ0v) is 18.2. The molecule has 0 aromatic heterocycles. The number of benzene rings is 1. The Bertz CT molecular complexity index is 495. The maximum Gasteiger partial charge on any atom is 0.296 e. The molecule has 0 radical (unpaired) electrons. The van der Waals surface area contributed by atoms with Crippen molar-refractivity contribution in [1.82, 2.24) is 0 Å². The van der Waals surface area contributed by atoms with E-state index in [1.165, 1.54) is 0 Å². The molecule has 0 atom stereocenters. The van der Waals surface area contributed by atoms with E-state index >= 15 is 0 Å². The molecule has 1 aromatic rings. The molecule has 0 amide bonds. The van der Waals surface area contributed by atoms with Gasteiger partial charge in [0.2, 0.25) is 0 Å². The first-order chi connectivity index (χ1) is 6.68. The molecule has 0 bridgehead atoms. The van der Waals surface area contributed by atoms with E-state index in [4.69, 9.17) is 4.55 Å². The van der Waals surface area contributed by atoms with Gasteiger partial charge in [-0.25, -0.2) is 0 Å². The maximum absolute atomic E-state index is 11.2. The number of hydrogen-bond acceptors (Lipinski definition) is 2. The normalized spacial score (nSPS) is 11.9. The number of rotatable bonds is 1. The highest BCUT2D eigenvalue weighted by atomic mass is 127. The van der Waals surface area contributed by atoms with Crippen LogP contribution in [0.3, 0.4) is 0 Å². The SMILES string of the molecule is O=S(=O)(O)c1c(I)c(I)c(I)c(I)c1I. The highest BCUT2D eigenvalue weighted by Gasteiger charge is 2.25. The molecule has 0 aliphatic rings. The van der Waals surface area contributed by atoms with Crippen LogP contribution in [0, 0.1) is 17.9 Å². The lowest BCUT2D eigenvalue weighted by Crippen LogP contribution is -2.09. The first-order valence-corrected chi connectivity index (χ1v) is 10.00. The second-order valence-corrected chi connectivity index (χ2v) is 9.13. The maximum atomic E-state index is 11.2. The van der Waals surface area contributed by atoms with E-state index < -0.39 is 10.1 Å². The molecule has 3 nitrogen and oxygen atoms in total. The van der Waals surface area contributed by atoms with E-state index in [1.54, 1.807) is 0 Å². The van der Waals surface area contributed by atoms with Crippen LogP contribution in [-0.4, -0.2) is 13.0 Å². The summed E-state index contributed by atoms with van der Waals surface area (Å²) in [7, 11) is -4.15. The first kappa shape index (κ1) is 15.8. The molecule has 0 heterocycles. The van der Waals surface area contributed by atoms with Crippen molar-refractivity contribution in [2.45, 2.75) is 4.90 Å². The fraction of sp³-hybridized carbons (Fsp3) is 0. The van der Waals surface area contributed by atoms with Gasteiger partial charge in [0.25, 0.3) is 10.1 Å². The van der Waals surface area contributed by atoms with Crippen LogP contribution >= 0.6 is 113 Å². The molecule has 15 heavy (non-hydrogen) atoms. The largest absolute Gasteiger partial charge is 0.296 e. The Labute approximate surface area is 155 Å². The lowest BCUT2D eigenvalue weighted by Gasteiger charge is -2.11. The van der Waals surface area contributed by atoms with Crippen molar-refractivity contribution in [3.63, 3.8) is 0 Å². The zero-order chi connectivity index (χ0) is 12.0. The van der Waals surface area contributed by atoms with E-state index in [2.05, 4.69) is 67.8 Å². The summed E-state index contributed by atoms with van der Waals surface area (Å²) in [6.45, 7) is 0. The molecule has 0 unspecified atom stereocenters. The van der Waals surface area contributed by atoms with Crippen molar-refractivity contribution < 1.29 is 13.0 Å². The van der Waals surface area contributed by atoms with Crippen molar-refractivity contribution in [3.8, 4) is 0 Å². The zero-order valence-electron chi connectivity index (χ0n) is 6.56. The Morgan fingerprint density at radius 2 is 1.00 bits per heavy atom. The van der Waals surface area contributed by atoms with Gasteiger partial charge >= 0.3 is 0 Å². The smallest absolute Gasteiger partial charge is 0.282 e. The summed E-state index contributed by atoms with van der Waals surface area (Å²) >= 11 is 10.2. The van der Waals surface area contributed by atoms with Crippen molar-refractivity contribution in [2.24, 2.45) is 0 Å². The summed E-state index contributed by atoms with van der Waals surface area (Å²) in [5, 5.41) is 0. The first-order valence-electron chi connectivity index (χ1n) is 3.16. The predicted octanol–water partition coefficient (Wildman–Crippen LogP) is 3.96. The van der Waals surface area contributed by atoms with Crippen LogP contribution in [-0.2, 0) is 10.1 Å². The van der Waals surface area contributed by atoms with Crippen molar-refractivity contribution in [1.29, 1.82) is 0 Å². The van der Waals surface area contributed by atoms with Gasteiger partial charge in [0.05, 0.1) is 0 Å². The summed E-state index contributed by atoms with van der Waals surface area (Å²) in [5.41, 5.74) is 0. The van der Waals surface area contributed by atoms with E-state index in [0.717, 1.165) is 10.7 Å². The van der Waals surface area contributed by atoms with E-state index in [0.29, 0.717) is 7.14 Å². The van der Waals surface area contributed by atoms with Crippen LogP contribution < -0.4 is 0 Å². The third kappa shape index (κ3) is 3.41. The molecule has 1 aromatic carbocycles. The molecular formula is C6HI5O3S. The fourth-order valence-corrected chi connectivity index (χ4v) is 8.26. The molecular weight excluding hydrogens is 787 g/mol. The van der Waals surface area contributed by atoms with Gasteiger partial charge < -0.3 is 0 Å². The summed E-state index contributed by atoms with van der Waals surface area (Å²) < 4.78 is 35.5. The van der Waals surface area contributed by atoms with Crippen LogP contribution in [0.25, 0.3) is 0 Å². The Balaban J connectivity index is 3.84. The van der Waals surface area contributed by atoms with E-state index in [-0.39, 0.29) is 4.90 Å². The van der Waals surface area contributed by atoms with Gasteiger partial charge in [0.15, 0.2) is 0 Å².